The van der Waals surface area contributed by atoms with Crippen LogP contribution in [0.1, 0.15) is 30.0 Å². The second kappa shape index (κ2) is 12.0. The van der Waals surface area contributed by atoms with E-state index in [-0.39, 0.29) is 30.2 Å². The first-order valence-electron chi connectivity index (χ1n) is 9.88. The van der Waals surface area contributed by atoms with Gasteiger partial charge in [-0.1, -0.05) is 30.4 Å². The Bertz CT molecular complexity index is 1020. The van der Waals surface area contributed by atoms with E-state index in [0.717, 1.165) is 0 Å². The third-order valence-corrected chi connectivity index (χ3v) is 4.37. The lowest BCUT2D eigenvalue weighted by atomic mass is 10.1. The molecule has 0 unspecified atom stereocenters. The van der Waals surface area contributed by atoms with Crippen LogP contribution in [0.3, 0.4) is 0 Å². The van der Waals surface area contributed by atoms with Gasteiger partial charge in [0.15, 0.2) is 23.1 Å². The smallest absolute Gasteiger partial charge is 0.308 e. The molecule has 0 heterocycles. The van der Waals surface area contributed by atoms with E-state index in [0.29, 0.717) is 28.2 Å². The fraction of sp³-hybridized carbons (Fsp3) is 0.200. The minimum absolute atomic E-state index is 0.175. The van der Waals surface area contributed by atoms with Gasteiger partial charge in [-0.3, -0.25) is 19.2 Å². The second-order valence-electron chi connectivity index (χ2n) is 6.92. The number of aliphatic carboxylic acids is 1. The van der Waals surface area contributed by atoms with Crippen molar-refractivity contribution in [2.75, 3.05) is 14.2 Å². The highest BCUT2D eigenvalue weighted by Crippen LogP contribution is 2.28. The van der Waals surface area contributed by atoms with Crippen molar-refractivity contribution in [3.8, 4) is 17.2 Å². The molecular formula is C25H24O8. The summed E-state index contributed by atoms with van der Waals surface area (Å²) in [4.78, 5) is 46.3. The van der Waals surface area contributed by atoms with Crippen LogP contribution in [0.15, 0.2) is 48.6 Å². The molecule has 2 aromatic rings. The molecule has 0 saturated heterocycles. The van der Waals surface area contributed by atoms with Crippen molar-refractivity contribution in [3.05, 3.63) is 65.2 Å². The van der Waals surface area contributed by atoms with Crippen LogP contribution in [0.25, 0.3) is 12.2 Å². The summed E-state index contributed by atoms with van der Waals surface area (Å²) in [7, 11) is 2.87. The van der Waals surface area contributed by atoms with Crippen LogP contribution in [0, 0.1) is 0 Å². The van der Waals surface area contributed by atoms with E-state index in [1.807, 2.05) is 0 Å². The lowest BCUT2D eigenvalue weighted by Crippen LogP contribution is -2.03. The molecule has 0 radical (unpaired) electrons. The van der Waals surface area contributed by atoms with E-state index in [2.05, 4.69) is 0 Å². The van der Waals surface area contributed by atoms with Crippen molar-refractivity contribution < 1.29 is 38.5 Å². The average molecular weight is 452 g/mol. The van der Waals surface area contributed by atoms with Crippen LogP contribution in [0.5, 0.6) is 17.2 Å². The van der Waals surface area contributed by atoms with Crippen LogP contribution in [-0.2, 0) is 25.6 Å². The largest absolute Gasteiger partial charge is 0.496 e. The monoisotopic (exact) mass is 452 g/mol. The summed E-state index contributed by atoms with van der Waals surface area (Å²) in [6.45, 7) is 1.28. The molecule has 33 heavy (non-hydrogen) atoms. The lowest BCUT2D eigenvalue weighted by Gasteiger charge is -2.08. The van der Waals surface area contributed by atoms with Crippen LogP contribution in [-0.4, -0.2) is 42.8 Å². The first-order chi connectivity index (χ1) is 15.7. The Morgan fingerprint density at radius 3 is 1.88 bits per heavy atom. The van der Waals surface area contributed by atoms with Crippen LogP contribution in [0.2, 0.25) is 0 Å². The standard InChI is InChI=1S/C25H24O8/c1-16(26)33-22-11-7-18(13-24(22)32-3)6-10-21(28)15-20(27)9-5-17-4-8-19(14-25(29)30)23(12-17)31-2/h4-13H,14-15H2,1-3H3,(H,29,30). The fourth-order valence-corrected chi connectivity index (χ4v) is 2.87. The van der Waals surface area contributed by atoms with E-state index in [9.17, 15) is 19.2 Å². The maximum Gasteiger partial charge on any atom is 0.308 e. The number of esters is 1. The number of benzene rings is 2. The fourth-order valence-electron chi connectivity index (χ4n) is 2.87. The topological polar surface area (TPSA) is 116 Å². The van der Waals surface area contributed by atoms with Gasteiger partial charge in [0.2, 0.25) is 0 Å². The number of allylic oxidation sites excluding steroid dienone is 2. The molecule has 0 fully saturated rings. The molecule has 0 bridgehead atoms. The van der Waals surface area contributed by atoms with E-state index in [4.69, 9.17) is 19.3 Å². The number of carboxylic acid groups (broad SMARTS) is 1. The number of methoxy groups -OCH3 is 2. The normalized spacial score (nSPS) is 10.9. The first kappa shape index (κ1) is 25.1. The zero-order valence-electron chi connectivity index (χ0n) is 18.5. The minimum atomic E-state index is -0.975. The summed E-state index contributed by atoms with van der Waals surface area (Å²) in [6.07, 6.45) is 5.15. The number of hydrogen-bond acceptors (Lipinski definition) is 7. The van der Waals surface area contributed by atoms with Gasteiger partial charge in [0.25, 0.3) is 0 Å². The first-order valence-corrected chi connectivity index (χ1v) is 9.88. The molecule has 0 aromatic heterocycles. The number of carboxylic acids is 1. The van der Waals surface area contributed by atoms with Gasteiger partial charge in [-0.05, 0) is 41.5 Å². The Labute approximate surface area is 191 Å². The Morgan fingerprint density at radius 2 is 1.36 bits per heavy atom. The Morgan fingerprint density at radius 1 is 0.818 bits per heavy atom. The highest BCUT2D eigenvalue weighted by atomic mass is 16.6. The van der Waals surface area contributed by atoms with Crippen molar-refractivity contribution in [1.29, 1.82) is 0 Å². The minimum Gasteiger partial charge on any atom is -0.496 e. The molecule has 0 aliphatic carbocycles. The number of carbonyl (C=O) groups is 4. The second-order valence-corrected chi connectivity index (χ2v) is 6.92. The predicted octanol–water partition coefficient (Wildman–Crippen LogP) is 3.51. The van der Waals surface area contributed by atoms with Crippen LogP contribution >= 0.6 is 0 Å². The van der Waals surface area contributed by atoms with Crippen molar-refractivity contribution in [2.24, 2.45) is 0 Å². The van der Waals surface area contributed by atoms with E-state index >= 15 is 0 Å². The predicted molar refractivity (Wildman–Crippen MR) is 121 cm³/mol. The van der Waals surface area contributed by atoms with Crippen LogP contribution < -0.4 is 14.2 Å². The van der Waals surface area contributed by atoms with Gasteiger partial charge in [0.1, 0.15) is 5.75 Å². The molecule has 0 amide bonds. The zero-order chi connectivity index (χ0) is 24.4. The van der Waals surface area contributed by atoms with Gasteiger partial charge in [-0.25, -0.2) is 0 Å². The van der Waals surface area contributed by atoms with Crippen LogP contribution in [0.4, 0.5) is 0 Å². The molecule has 0 aliphatic rings. The number of rotatable bonds is 11. The third kappa shape index (κ3) is 8.10. The molecule has 0 saturated carbocycles. The summed E-state index contributed by atoms with van der Waals surface area (Å²) in [6, 6.07) is 9.70. The highest BCUT2D eigenvalue weighted by molar-refractivity contribution is 6.10. The molecule has 0 spiro atoms. The lowest BCUT2D eigenvalue weighted by molar-refractivity contribution is -0.136. The van der Waals surface area contributed by atoms with E-state index < -0.39 is 11.9 Å². The van der Waals surface area contributed by atoms with Gasteiger partial charge >= 0.3 is 11.9 Å². The third-order valence-electron chi connectivity index (χ3n) is 4.37. The van der Waals surface area contributed by atoms with E-state index in [1.165, 1.54) is 45.4 Å². The van der Waals surface area contributed by atoms with Crippen molar-refractivity contribution in [2.45, 2.75) is 19.8 Å². The van der Waals surface area contributed by atoms with Gasteiger partial charge in [-0.2, -0.15) is 0 Å². The molecule has 172 valence electrons. The summed E-state index contributed by atoms with van der Waals surface area (Å²) in [5, 5.41) is 8.93. The summed E-state index contributed by atoms with van der Waals surface area (Å²) < 4.78 is 15.4. The molecule has 0 aliphatic heterocycles. The van der Waals surface area contributed by atoms with Crippen molar-refractivity contribution in [1.82, 2.24) is 0 Å². The summed E-state index contributed by atoms with van der Waals surface area (Å²) in [5.74, 6) is -1.22. The molecule has 1 N–H and O–H groups in total. The Hall–Kier alpha value is -4.20. The van der Waals surface area contributed by atoms with Crippen molar-refractivity contribution >= 4 is 35.7 Å². The number of ether oxygens (including phenoxy) is 3. The van der Waals surface area contributed by atoms with Crippen molar-refractivity contribution in [3.63, 3.8) is 0 Å². The maximum absolute atomic E-state index is 12.1. The molecule has 0 atom stereocenters. The number of carbonyl (C=O) groups excluding carboxylic acids is 3. The molecular weight excluding hydrogens is 428 g/mol. The zero-order valence-corrected chi connectivity index (χ0v) is 18.5. The molecule has 8 heteroatoms. The Balaban J connectivity index is 2.00. The summed E-state index contributed by atoms with van der Waals surface area (Å²) in [5.41, 5.74) is 1.79. The van der Waals surface area contributed by atoms with Gasteiger partial charge in [0.05, 0.1) is 27.1 Å². The average Bonchev–Trinajstić information content (AvgIpc) is 2.76. The number of ketones is 2. The highest BCUT2D eigenvalue weighted by Gasteiger charge is 2.09. The molecule has 8 nitrogen and oxygen atoms in total. The van der Waals surface area contributed by atoms with Gasteiger partial charge in [0, 0.05) is 12.5 Å². The maximum atomic E-state index is 12.1. The quantitative estimate of drug-likeness (QED) is 0.238. The van der Waals surface area contributed by atoms with Gasteiger partial charge in [-0.15, -0.1) is 0 Å². The Kier molecular flexibility index (Phi) is 9.11. The van der Waals surface area contributed by atoms with Gasteiger partial charge < -0.3 is 19.3 Å². The molecule has 2 aromatic carbocycles. The molecule has 2 rings (SSSR count). The number of hydrogen-bond donors (Lipinski definition) is 1. The SMILES string of the molecule is COc1cc(C=CC(=O)CC(=O)C=Cc2ccc(OC(C)=O)c(OC)c2)ccc1CC(=O)O. The summed E-state index contributed by atoms with van der Waals surface area (Å²) >= 11 is 0. The van der Waals surface area contributed by atoms with E-state index in [1.54, 1.807) is 36.4 Å².